The van der Waals surface area contributed by atoms with E-state index >= 15 is 0 Å². The molecule has 12 nitrogen and oxygen atoms in total. The number of esters is 2. The second-order valence-corrected chi connectivity index (χ2v) is 20.0. The van der Waals surface area contributed by atoms with Crippen molar-refractivity contribution in [2.24, 2.45) is 0 Å². The lowest BCUT2D eigenvalue weighted by Crippen LogP contribution is -2.60. The molecule has 0 bridgehead atoms. The molecule has 0 aliphatic carbocycles. The molecule has 1 aliphatic rings. The zero-order valence-corrected chi connectivity index (χ0v) is 41.5. The van der Waals surface area contributed by atoms with Crippen LogP contribution in [0, 0.1) is 0 Å². The van der Waals surface area contributed by atoms with E-state index in [0.717, 1.165) is 38.5 Å². The van der Waals surface area contributed by atoms with E-state index in [1.54, 1.807) is 0 Å². The van der Waals surface area contributed by atoms with Gasteiger partial charge < -0.3 is 34.3 Å². The minimum atomic E-state index is -4.60. The Kier molecular flexibility index (Phi) is 39.2. The molecule has 0 saturated carbocycles. The Balaban J connectivity index is 2.32. The Labute approximate surface area is 390 Å². The minimum Gasteiger partial charge on any atom is -0.462 e. The SMILES string of the molecule is CCCCCCCCCC/C=C\CCCCCCCCCCCCCC(=O)OC(COC(=O)CCCCCCCCCCCCCCC)COC1OC(CS(=O)(=O)O)C(O)C(O)C1O. The summed E-state index contributed by atoms with van der Waals surface area (Å²) in [6.07, 6.45) is 36.8. The van der Waals surface area contributed by atoms with Crippen LogP contribution in [0.5, 0.6) is 0 Å². The number of ether oxygens (including phenoxy) is 4. The Morgan fingerprint density at radius 1 is 0.516 bits per heavy atom. The fourth-order valence-corrected chi connectivity index (χ4v) is 8.95. The van der Waals surface area contributed by atoms with E-state index < -0.39 is 71.2 Å². The molecule has 13 heteroatoms. The molecule has 0 aromatic heterocycles. The van der Waals surface area contributed by atoms with Crippen LogP contribution in [0.1, 0.15) is 245 Å². The van der Waals surface area contributed by atoms with Crippen LogP contribution in [0.15, 0.2) is 12.2 Å². The predicted molar refractivity (Wildman–Crippen MR) is 257 cm³/mol. The van der Waals surface area contributed by atoms with Gasteiger partial charge in [0.1, 0.15) is 36.8 Å². The maximum absolute atomic E-state index is 12.9. The predicted octanol–water partition coefficient (Wildman–Crippen LogP) is 11.8. The van der Waals surface area contributed by atoms with Crippen LogP contribution in [0.2, 0.25) is 0 Å². The van der Waals surface area contributed by atoms with Crippen molar-refractivity contribution in [1.82, 2.24) is 0 Å². The van der Waals surface area contributed by atoms with Gasteiger partial charge in [0.2, 0.25) is 0 Å². The average Bonchev–Trinajstić information content (AvgIpc) is 3.26. The summed E-state index contributed by atoms with van der Waals surface area (Å²) in [6, 6.07) is 0. The number of hydrogen-bond donors (Lipinski definition) is 4. The van der Waals surface area contributed by atoms with Crippen molar-refractivity contribution in [2.45, 2.75) is 282 Å². The van der Waals surface area contributed by atoms with Crippen LogP contribution in [0.4, 0.5) is 0 Å². The van der Waals surface area contributed by atoms with E-state index in [-0.39, 0.29) is 19.4 Å². The van der Waals surface area contributed by atoms with E-state index in [2.05, 4.69) is 26.0 Å². The Hall–Kier alpha value is -1.61. The van der Waals surface area contributed by atoms with Crippen LogP contribution in [-0.4, -0.2) is 96.0 Å². The molecule has 6 unspecified atom stereocenters. The number of carbonyl (C=O) groups is 2. The lowest BCUT2D eigenvalue weighted by Gasteiger charge is -2.40. The summed E-state index contributed by atoms with van der Waals surface area (Å²) >= 11 is 0. The summed E-state index contributed by atoms with van der Waals surface area (Å²) in [5.74, 6) is -1.97. The highest BCUT2D eigenvalue weighted by Crippen LogP contribution is 2.24. The molecule has 1 rings (SSSR count). The van der Waals surface area contributed by atoms with Gasteiger partial charge >= 0.3 is 11.9 Å². The molecule has 6 atom stereocenters. The van der Waals surface area contributed by atoms with Crippen molar-refractivity contribution in [3.8, 4) is 0 Å². The monoisotopic (exact) mass is 933 g/mol. The van der Waals surface area contributed by atoms with Gasteiger partial charge in [-0.15, -0.1) is 0 Å². The molecule has 0 radical (unpaired) electrons. The summed E-state index contributed by atoms with van der Waals surface area (Å²) in [5, 5.41) is 31.0. The highest BCUT2D eigenvalue weighted by Gasteiger charge is 2.46. The molecule has 1 fully saturated rings. The van der Waals surface area contributed by atoms with Gasteiger partial charge in [0.15, 0.2) is 12.4 Å². The van der Waals surface area contributed by atoms with Gasteiger partial charge in [0.25, 0.3) is 10.1 Å². The van der Waals surface area contributed by atoms with Crippen LogP contribution in [0.3, 0.4) is 0 Å². The first-order chi connectivity index (χ1) is 31.0. The second kappa shape index (κ2) is 41.6. The summed E-state index contributed by atoms with van der Waals surface area (Å²) < 4.78 is 54.2. The van der Waals surface area contributed by atoms with Crippen LogP contribution in [0.25, 0.3) is 0 Å². The van der Waals surface area contributed by atoms with Crippen molar-refractivity contribution < 1.29 is 56.8 Å². The van der Waals surface area contributed by atoms with Gasteiger partial charge in [-0.05, 0) is 38.5 Å². The zero-order valence-electron chi connectivity index (χ0n) is 40.7. The standard InChI is InChI=1S/C51H96O12S/c1-3-5-7-9-11-13-15-17-18-19-20-21-22-23-24-25-26-28-30-32-34-36-38-40-47(53)62-44(42-61-51-50(56)49(55)48(54)45(63-51)43-64(57,58)59)41-60-46(52)39-37-35-33-31-29-27-16-14-12-10-8-6-4-2/h19-20,44-45,48-51,54-56H,3-18,21-43H2,1-2H3,(H,57,58,59)/b20-19-. The van der Waals surface area contributed by atoms with E-state index in [1.807, 2.05) is 0 Å². The maximum atomic E-state index is 12.9. The minimum absolute atomic E-state index is 0.168. The number of aliphatic hydroxyl groups excluding tert-OH is 3. The molecule has 378 valence electrons. The number of allylic oxidation sites excluding steroid dienone is 2. The molecular formula is C51H96O12S. The van der Waals surface area contributed by atoms with Gasteiger partial charge in [0.05, 0.1) is 6.61 Å². The van der Waals surface area contributed by atoms with Gasteiger partial charge in [-0.25, -0.2) is 0 Å². The molecule has 0 aromatic carbocycles. The summed E-state index contributed by atoms with van der Waals surface area (Å²) in [5.41, 5.74) is 0. The fourth-order valence-electron chi connectivity index (χ4n) is 8.26. The smallest absolute Gasteiger partial charge is 0.306 e. The third-order valence-electron chi connectivity index (χ3n) is 12.3. The molecule has 4 N–H and O–H groups in total. The van der Waals surface area contributed by atoms with Gasteiger partial charge in [-0.2, -0.15) is 8.42 Å². The molecular weight excluding hydrogens is 837 g/mol. The van der Waals surface area contributed by atoms with Crippen molar-refractivity contribution in [3.63, 3.8) is 0 Å². The topological polar surface area (TPSA) is 186 Å². The molecule has 1 heterocycles. The van der Waals surface area contributed by atoms with Gasteiger partial charge in [-0.1, -0.05) is 206 Å². The van der Waals surface area contributed by atoms with Crippen molar-refractivity contribution in [3.05, 3.63) is 12.2 Å². The summed E-state index contributed by atoms with van der Waals surface area (Å²) in [7, 11) is -4.60. The normalized spacial score (nSPS) is 19.6. The van der Waals surface area contributed by atoms with E-state index in [4.69, 9.17) is 18.9 Å². The number of carbonyl (C=O) groups excluding carboxylic acids is 2. The number of aliphatic hydroxyl groups is 3. The first kappa shape index (κ1) is 60.4. The Morgan fingerprint density at radius 3 is 1.30 bits per heavy atom. The maximum Gasteiger partial charge on any atom is 0.306 e. The lowest BCUT2D eigenvalue weighted by atomic mass is 10.00. The van der Waals surface area contributed by atoms with Crippen molar-refractivity contribution >= 4 is 22.1 Å². The Morgan fingerprint density at radius 2 is 0.891 bits per heavy atom. The molecule has 0 spiro atoms. The van der Waals surface area contributed by atoms with E-state index in [1.165, 1.54) is 167 Å². The zero-order chi connectivity index (χ0) is 46.9. The highest BCUT2D eigenvalue weighted by molar-refractivity contribution is 7.85. The second-order valence-electron chi connectivity index (χ2n) is 18.5. The highest BCUT2D eigenvalue weighted by atomic mass is 32.2. The Bertz CT molecular complexity index is 1230. The molecule has 1 saturated heterocycles. The average molecular weight is 933 g/mol. The molecule has 0 aromatic rings. The van der Waals surface area contributed by atoms with Crippen LogP contribution in [-0.2, 0) is 38.7 Å². The fraction of sp³-hybridized carbons (Fsp3) is 0.922. The molecule has 1 aliphatic heterocycles. The van der Waals surface area contributed by atoms with Crippen LogP contribution < -0.4 is 0 Å². The van der Waals surface area contributed by atoms with Crippen molar-refractivity contribution in [1.29, 1.82) is 0 Å². The number of rotatable bonds is 45. The van der Waals surface area contributed by atoms with E-state index in [0.29, 0.717) is 12.8 Å². The first-order valence-corrected chi connectivity index (χ1v) is 27.9. The van der Waals surface area contributed by atoms with Crippen molar-refractivity contribution in [2.75, 3.05) is 19.0 Å². The quantitative estimate of drug-likeness (QED) is 0.0196. The largest absolute Gasteiger partial charge is 0.462 e. The first-order valence-electron chi connectivity index (χ1n) is 26.2. The van der Waals surface area contributed by atoms with Gasteiger partial charge in [0, 0.05) is 12.8 Å². The lowest BCUT2D eigenvalue weighted by molar-refractivity contribution is -0.297. The number of unbranched alkanes of at least 4 members (excludes halogenated alkanes) is 31. The third kappa shape index (κ3) is 35.6. The van der Waals surface area contributed by atoms with Crippen LogP contribution >= 0.6 is 0 Å². The number of hydrogen-bond acceptors (Lipinski definition) is 11. The molecule has 0 amide bonds. The third-order valence-corrected chi connectivity index (χ3v) is 13.1. The van der Waals surface area contributed by atoms with Gasteiger partial charge in [-0.3, -0.25) is 14.1 Å². The summed E-state index contributed by atoms with van der Waals surface area (Å²) in [6.45, 7) is 3.79. The summed E-state index contributed by atoms with van der Waals surface area (Å²) in [4.78, 5) is 25.5. The van der Waals surface area contributed by atoms with E-state index in [9.17, 15) is 37.9 Å². The molecule has 64 heavy (non-hydrogen) atoms.